The van der Waals surface area contributed by atoms with E-state index in [0.29, 0.717) is 35.5 Å². The molecule has 0 spiro atoms. The molecule has 2 aromatic carbocycles. The molecule has 0 radical (unpaired) electrons. The first-order valence-electron chi connectivity index (χ1n) is 10.1. The van der Waals surface area contributed by atoms with Crippen LogP contribution in [0.25, 0.3) is 0 Å². The summed E-state index contributed by atoms with van der Waals surface area (Å²) in [5, 5.41) is 5.56. The summed E-state index contributed by atoms with van der Waals surface area (Å²) >= 11 is 0. The number of sulfonamides is 1. The van der Waals surface area contributed by atoms with E-state index in [9.17, 15) is 18.0 Å². The highest BCUT2D eigenvalue weighted by Crippen LogP contribution is 2.36. The van der Waals surface area contributed by atoms with E-state index < -0.39 is 16.1 Å². The summed E-state index contributed by atoms with van der Waals surface area (Å²) < 4.78 is 33.6. The number of aryl methyl sites for hydroxylation is 3. The number of nitrogens with zero attached hydrogens (tertiary/aromatic N) is 1. The van der Waals surface area contributed by atoms with E-state index in [2.05, 4.69) is 10.6 Å². The van der Waals surface area contributed by atoms with E-state index in [4.69, 9.17) is 4.74 Å². The number of rotatable bonds is 4. The molecular formula is C22H25N3O5S. The summed E-state index contributed by atoms with van der Waals surface area (Å²) in [6.45, 7) is 5.64. The Hall–Kier alpha value is -2.91. The van der Waals surface area contributed by atoms with Crippen molar-refractivity contribution in [3.05, 3.63) is 47.0 Å². The average Bonchev–Trinajstić information content (AvgIpc) is 3.20. The van der Waals surface area contributed by atoms with Crippen LogP contribution in [0.1, 0.15) is 29.5 Å². The predicted molar refractivity (Wildman–Crippen MR) is 117 cm³/mol. The molecule has 2 amide bonds. The SMILES string of the molecule is Cc1ccc(NC(=O)C2CCCN2S(=O)(=O)c2cc3c(cc2C)NC(=O)CO3)c(C)c1. The van der Waals surface area contributed by atoms with Crippen LogP contribution >= 0.6 is 0 Å². The number of carbonyl (C=O) groups excluding carboxylic acids is 2. The van der Waals surface area contributed by atoms with E-state index in [0.717, 1.165) is 11.1 Å². The van der Waals surface area contributed by atoms with Gasteiger partial charge in [0, 0.05) is 18.3 Å². The van der Waals surface area contributed by atoms with Gasteiger partial charge >= 0.3 is 0 Å². The zero-order valence-corrected chi connectivity index (χ0v) is 18.5. The Balaban J connectivity index is 1.62. The van der Waals surface area contributed by atoms with Crippen molar-refractivity contribution < 1.29 is 22.7 Å². The third-order valence-electron chi connectivity index (χ3n) is 5.64. The minimum Gasteiger partial charge on any atom is -0.482 e. The maximum atomic E-state index is 13.5. The maximum absolute atomic E-state index is 13.5. The Morgan fingerprint density at radius 1 is 1.16 bits per heavy atom. The topological polar surface area (TPSA) is 105 Å². The van der Waals surface area contributed by atoms with Crippen LogP contribution in [0.4, 0.5) is 11.4 Å². The van der Waals surface area contributed by atoms with Gasteiger partial charge in [-0.25, -0.2) is 8.42 Å². The predicted octanol–water partition coefficient (Wildman–Crippen LogP) is 2.73. The van der Waals surface area contributed by atoms with E-state index in [1.54, 1.807) is 13.0 Å². The lowest BCUT2D eigenvalue weighted by molar-refractivity contribution is -0.119. The molecule has 2 heterocycles. The van der Waals surface area contributed by atoms with Crippen LogP contribution in [0.3, 0.4) is 0 Å². The molecule has 31 heavy (non-hydrogen) atoms. The second kappa shape index (κ2) is 7.97. The Kier molecular flexibility index (Phi) is 5.49. The zero-order chi connectivity index (χ0) is 22.3. The van der Waals surface area contributed by atoms with Gasteiger partial charge in [-0.15, -0.1) is 0 Å². The maximum Gasteiger partial charge on any atom is 0.262 e. The highest BCUT2D eigenvalue weighted by molar-refractivity contribution is 7.89. The molecular weight excluding hydrogens is 418 g/mol. The second-order valence-corrected chi connectivity index (χ2v) is 9.89. The molecule has 0 aromatic heterocycles. The average molecular weight is 444 g/mol. The number of nitrogens with one attached hydrogen (secondary N) is 2. The molecule has 2 aliphatic heterocycles. The summed E-state index contributed by atoms with van der Waals surface area (Å²) in [5.41, 5.74) is 3.60. The van der Waals surface area contributed by atoms with E-state index in [1.807, 2.05) is 32.0 Å². The number of anilines is 2. The smallest absolute Gasteiger partial charge is 0.262 e. The molecule has 164 valence electrons. The standard InChI is InChI=1S/C22H25N3O5S/c1-13-6-7-16(14(2)9-13)24-22(27)18-5-4-8-25(18)31(28,29)20-11-19-17(10-15(20)3)23-21(26)12-30-19/h6-7,9-11,18H,4-5,8,12H2,1-3H3,(H,23,26)(H,24,27). The fraction of sp³-hybridized carbons (Fsp3) is 0.364. The minimum atomic E-state index is -3.94. The third-order valence-corrected chi connectivity index (χ3v) is 7.69. The quantitative estimate of drug-likeness (QED) is 0.756. The van der Waals surface area contributed by atoms with Crippen molar-refractivity contribution >= 4 is 33.2 Å². The first-order chi connectivity index (χ1) is 14.7. The zero-order valence-electron chi connectivity index (χ0n) is 17.7. The van der Waals surface area contributed by atoms with Crippen LogP contribution in [0.5, 0.6) is 5.75 Å². The minimum absolute atomic E-state index is 0.0774. The normalized spacial score (nSPS) is 18.8. The van der Waals surface area contributed by atoms with E-state index in [-0.39, 0.29) is 29.9 Å². The molecule has 0 saturated carbocycles. The van der Waals surface area contributed by atoms with Crippen molar-refractivity contribution in [2.75, 3.05) is 23.8 Å². The first kappa shape index (κ1) is 21.3. The van der Waals surface area contributed by atoms with Gasteiger partial charge in [0.15, 0.2) is 6.61 Å². The van der Waals surface area contributed by atoms with Gasteiger partial charge in [0.2, 0.25) is 15.9 Å². The van der Waals surface area contributed by atoms with Crippen LogP contribution in [-0.2, 0) is 19.6 Å². The number of ether oxygens (including phenoxy) is 1. The first-order valence-corrected chi connectivity index (χ1v) is 11.6. The van der Waals surface area contributed by atoms with Crippen LogP contribution in [-0.4, -0.2) is 43.7 Å². The summed E-state index contributed by atoms with van der Waals surface area (Å²) in [7, 11) is -3.94. The fourth-order valence-corrected chi connectivity index (χ4v) is 5.96. The van der Waals surface area contributed by atoms with Gasteiger partial charge in [0.25, 0.3) is 5.91 Å². The largest absolute Gasteiger partial charge is 0.482 e. The fourth-order valence-electron chi connectivity index (χ4n) is 4.08. The summed E-state index contributed by atoms with van der Waals surface area (Å²) in [5.74, 6) is -0.323. The molecule has 0 bridgehead atoms. The Bertz CT molecular complexity index is 1180. The number of benzene rings is 2. The van der Waals surface area contributed by atoms with Crippen molar-refractivity contribution in [2.24, 2.45) is 0 Å². The lowest BCUT2D eigenvalue weighted by Crippen LogP contribution is -2.43. The lowest BCUT2D eigenvalue weighted by Gasteiger charge is -2.26. The van der Waals surface area contributed by atoms with Gasteiger partial charge < -0.3 is 15.4 Å². The number of hydrogen-bond acceptors (Lipinski definition) is 5. The monoisotopic (exact) mass is 443 g/mol. The Morgan fingerprint density at radius 2 is 1.94 bits per heavy atom. The molecule has 2 N–H and O–H groups in total. The Morgan fingerprint density at radius 3 is 2.68 bits per heavy atom. The molecule has 1 saturated heterocycles. The highest BCUT2D eigenvalue weighted by atomic mass is 32.2. The third kappa shape index (κ3) is 4.03. The van der Waals surface area contributed by atoms with Gasteiger partial charge in [-0.05, 0) is 56.9 Å². The van der Waals surface area contributed by atoms with Crippen molar-refractivity contribution in [3.8, 4) is 5.75 Å². The van der Waals surface area contributed by atoms with Crippen LogP contribution in [0.2, 0.25) is 0 Å². The van der Waals surface area contributed by atoms with Crippen molar-refractivity contribution in [3.63, 3.8) is 0 Å². The molecule has 2 aromatic rings. The van der Waals surface area contributed by atoms with Gasteiger partial charge in [-0.3, -0.25) is 9.59 Å². The van der Waals surface area contributed by atoms with Crippen LogP contribution < -0.4 is 15.4 Å². The van der Waals surface area contributed by atoms with E-state index in [1.165, 1.54) is 10.4 Å². The second-order valence-electron chi connectivity index (χ2n) is 8.03. The number of carbonyl (C=O) groups is 2. The molecule has 4 rings (SSSR count). The van der Waals surface area contributed by atoms with Gasteiger partial charge in [-0.1, -0.05) is 17.7 Å². The molecule has 2 aliphatic rings. The van der Waals surface area contributed by atoms with Crippen molar-refractivity contribution in [2.45, 2.75) is 44.6 Å². The van der Waals surface area contributed by atoms with Gasteiger partial charge in [0.1, 0.15) is 11.8 Å². The molecule has 1 atom stereocenters. The molecule has 1 unspecified atom stereocenters. The van der Waals surface area contributed by atoms with Gasteiger partial charge in [0.05, 0.1) is 10.6 Å². The highest BCUT2D eigenvalue weighted by Gasteiger charge is 2.40. The van der Waals surface area contributed by atoms with Crippen LogP contribution in [0.15, 0.2) is 35.2 Å². The summed E-state index contributed by atoms with van der Waals surface area (Å²) in [6.07, 6.45) is 1.05. The summed E-state index contributed by atoms with van der Waals surface area (Å²) in [4.78, 5) is 24.6. The molecule has 8 nitrogen and oxygen atoms in total. The van der Waals surface area contributed by atoms with E-state index >= 15 is 0 Å². The van der Waals surface area contributed by atoms with Crippen LogP contribution in [0, 0.1) is 20.8 Å². The lowest BCUT2D eigenvalue weighted by atomic mass is 10.1. The molecule has 0 aliphatic carbocycles. The number of hydrogen-bond donors (Lipinski definition) is 2. The molecule has 9 heteroatoms. The van der Waals surface area contributed by atoms with Gasteiger partial charge in [-0.2, -0.15) is 4.31 Å². The number of amides is 2. The number of fused-ring (bicyclic) bond motifs is 1. The van der Waals surface area contributed by atoms with Crippen molar-refractivity contribution in [1.82, 2.24) is 4.31 Å². The Labute approximate surface area is 181 Å². The summed E-state index contributed by atoms with van der Waals surface area (Å²) in [6, 6.07) is 7.92. The van der Waals surface area contributed by atoms with Crippen molar-refractivity contribution in [1.29, 1.82) is 0 Å². The molecule has 1 fully saturated rings.